The first kappa shape index (κ1) is 27.6. The van der Waals surface area contributed by atoms with Gasteiger partial charge in [-0.3, -0.25) is 9.59 Å². The summed E-state index contributed by atoms with van der Waals surface area (Å²) in [6.45, 7) is 2.06. The lowest BCUT2D eigenvalue weighted by molar-refractivity contribution is -0.137. The molecule has 0 aliphatic rings. The second-order valence-electron chi connectivity index (χ2n) is 9.16. The van der Waals surface area contributed by atoms with Crippen molar-refractivity contribution in [3.05, 3.63) is 137 Å². The molecule has 0 saturated heterocycles. The number of hydrogen-bond acceptors (Lipinski definition) is 3. The van der Waals surface area contributed by atoms with Gasteiger partial charge in [0.2, 0.25) is 5.91 Å². The van der Waals surface area contributed by atoms with Crippen molar-refractivity contribution in [3.8, 4) is 5.75 Å². The van der Waals surface area contributed by atoms with E-state index in [1.165, 1.54) is 12.1 Å². The van der Waals surface area contributed by atoms with Crippen LogP contribution in [0.3, 0.4) is 0 Å². The molecule has 0 heterocycles. The summed E-state index contributed by atoms with van der Waals surface area (Å²) in [5.41, 5.74) is 1.89. The number of benzene rings is 4. The van der Waals surface area contributed by atoms with Gasteiger partial charge in [0.1, 0.15) is 11.9 Å². The average Bonchev–Trinajstić information content (AvgIpc) is 2.96. The maximum atomic E-state index is 13.0. The summed E-state index contributed by atoms with van der Waals surface area (Å²) in [6, 6.07) is 29.8. The second kappa shape index (κ2) is 12.4. The van der Waals surface area contributed by atoms with E-state index in [1.54, 1.807) is 49.4 Å². The molecule has 0 aromatic heterocycles. The van der Waals surface area contributed by atoms with E-state index >= 15 is 0 Å². The van der Waals surface area contributed by atoms with Crippen LogP contribution in [-0.4, -0.2) is 18.2 Å². The number of amides is 1. The summed E-state index contributed by atoms with van der Waals surface area (Å²) in [5, 5.41) is 2.92. The fraction of sp³-hybridized carbons (Fsp3) is 0.188. The van der Waals surface area contributed by atoms with Crippen LogP contribution in [0.1, 0.15) is 58.0 Å². The summed E-state index contributed by atoms with van der Waals surface area (Å²) < 4.78 is 44.8. The summed E-state index contributed by atoms with van der Waals surface area (Å²) in [4.78, 5) is 25.8. The first-order chi connectivity index (χ1) is 18.7. The minimum Gasteiger partial charge on any atom is -0.486 e. The Balaban J connectivity index is 1.39. The Bertz CT molecular complexity index is 1390. The predicted molar refractivity (Wildman–Crippen MR) is 144 cm³/mol. The predicted octanol–water partition coefficient (Wildman–Crippen LogP) is 7.37. The van der Waals surface area contributed by atoms with Crippen LogP contribution in [0.4, 0.5) is 13.2 Å². The maximum absolute atomic E-state index is 13.0. The van der Waals surface area contributed by atoms with Crippen LogP contribution in [0.2, 0.25) is 0 Å². The molecule has 0 radical (unpaired) electrons. The van der Waals surface area contributed by atoms with Gasteiger partial charge in [-0.2, -0.15) is 13.2 Å². The van der Waals surface area contributed by atoms with E-state index in [9.17, 15) is 22.8 Å². The molecule has 0 spiro atoms. The number of rotatable bonds is 10. The molecule has 2 atom stereocenters. The van der Waals surface area contributed by atoms with Crippen LogP contribution in [0, 0.1) is 0 Å². The van der Waals surface area contributed by atoms with E-state index < -0.39 is 23.8 Å². The number of ether oxygens (including phenoxy) is 1. The van der Waals surface area contributed by atoms with E-state index in [-0.39, 0.29) is 18.2 Å². The molecule has 0 aliphatic carbocycles. The molecule has 0 saturated carbocycles. The van der Waals surface area contributed by atoms with Crippen LogP contribution < -0.4 is 10.1 Å². The molecule has 0 fully saturated rings. The summed E-state index contributed by atoms with van der Waals surface area (Å²) in [7, 11) is 0. The monoisotopic (exact) mass is 531 g/mol. The summed E-state index contributed by atoms with van der Waals surface area (Å²) >= 11 is 0. The van der Waals surface area contributed by atoms with Gasteiger partial charge in [0.25, 0.3) is 0 Å². The van der Waals surface area contributed by atoms with Crippen molar-refractivity contribution in [2.45, 2.75) is 31.5 Å². The van der Waals surface area contributed by atoms with E-state index in [0.29, 0.717) is 23.3 Å². The van der Waals surface area contributed by atoms with Gasteiger partial charge in [-0.1, -0.05) is 78.9 Å². The topological polar surface area (TPSA) is 55.4 Å². The Hall–Kier alpha value is -4.39. The fourth-order valence-electron chi connectivity index (χ4n) is 4.18. The molecule has 200 valence electrons. The molecule has 4 aromatic rings. The molecule has 7 heteroatoms. The molecule has 4 rings (SSSR count). The van der Waals surface area contributed by atoms with E-state index in [2.05, 4.69) is 5.32 Å². The van der Waals surface area contributed by atoms with Crippen molar-refractivity contribution < 1.29 is 27.5 Å². The van der Waals surface area contributed by atoms with Crippen molar-refractivity contribution in [1.29, 1.82) is 0 Å². The zero-order valence-corrected chi connectivity index (χ0v) is 21.3. The quantitative estimate of drug-likeness (QED) is 0.218. The number of halogens is 3. The number of ketones is 1. The van der Waals surface area contributed by atoms with Crippen molar-refractivity contribution in [2.75, 3.05) is 6.54 Å². The van der Waals surface area contributed by atoms with Gasteiger partial charge in [0.15, 0.2) is 5.78 Å². The summed E-state index contributed by atoms with van der Waals surface area (Å²) in [6.07, 6.45) is -4.51. The number of alkyl halides is 3. The Labute approximate surface area is 225 Å². The van der Waals surface area contributed by atoms with Gasteiger partial charge < -0.3 is 10.1 Å². The van der Waals surface area contributed by atoms with Crippen molar-refractivity contribution in [3.63, 3.8) is 0 Å². The highest BCUT2D eigenvalue weighted by Gasteiger charge is 2.30. The van der Waals surface area contributed by atoms with Crippen LogP contribution in [0.5, 0.6) is 5.75 Å². The van der Waals surface area contributed by atoms with Gasteiger partial charge in [0, 0.05) is 24.1 Å². The lowest BCUT2D eigenvalue weighted by atomic mass is 9.95. The SMILES string of the molecule is C[C@H](C(=O)NCC[C@@H](Oc1ccc(C(F)(F)F)cc1)c1ccccc1)c1cccc(C(=O)c2ccccc2)c1. The van der Waals surface area contributed by atoms with Gasteiger partial charge in [-0.15, -0.1) is 0 Å². The molecule has 1 amide bonds. The number of nitrogens with one attached hydrogen (secondary N) is 1. The molecule has 4 aromatic carbocycles. The van der Waals surface area contributed by atoms with Crippen molar-refractivity contribution >= 4 is 11.7 Å². The highest BCUT2D eigenvalue weighted by molar-refractivity contribution is 6.09. The zero-order chi connectivity index (χ0) is 27.8. The molecule has 0 bridgehead atoms. The van der Waals surface area contributed by atoms with Crippen LogP contribution in [0.25, 0.3) is 0 Å². The van der Waals surface area contributed by atoms with E-state index in [0.717, 1.165) is 23.3 Å². The Morgan fingerprint density at radius 3 is 2.00 bits per heavy atom. The molecular formula is C32H28F3NO3. The average molecular weight is 532 g/mol. The number of hydrogen-bond donors (Lipinski definition) is 1. The largest absolute Gasteiger partial charge is 0.486 e. The first-order valence-electron chi connectivity index (χ1n) is 12.6. The molecule has 39 heavy (non-hydrogen) atoms. The van der Waals surface area contributed by atoms with Crippen molar-refractivity contribution in [1.82, 2.24) is 5.32 Å². The fourth-order valence-corrected chi connectivity index (χ4v) is 4.18. The van der Waals surface area contributed by atoms with Crippen molar-refractivity contribution in [2.24, 2.45) is 0 Å². The normalized spacial score (nSPS) is 12.8. The van der Waals surface area contributed by atoms with E-state index in [4.69, 9.17) is 4.74 Å². The molecule has 4 nitrogen and oxygen atoms in total. The highest BCUT2D eigenvalue weighted by atomic mass is 19.4. The zero-order valence-electron chi connectivity index (χ0n) is 21.3. The second-order valence-corrected chi connectivity index (χ2v) is 9.16. The van der Waals surface area contributed by atoms with Crippen LogP contribution in [0.15, 0.2) is 109 Å². The molecular weight excluding hydrogens is 503 g/mol. The third-order valence-electron chi connectivity index (χ3n) is 6.42. The number of carbonyl (C=O) groups excluding carboxylic acids is 2. The standard InChI is InChI=1S/C32H28F3NO3/c1-22(25-13-8-14-26(21-25)30(37)24-11-6-3-7-12-24)31(38)36-20-19-29(23-9-4-2-5-10-23)39-28-17-15-27(16-18-28)32(33,34)35/h2-18,21-22,29H,19-20H2,1H3,(H,36,38)/t22-,29+/m0/s1. The first-order valence-corrected chi connectivity index (χ1v) is 12.6. The van der Waals surface area contributed by atoms with Crippen LogP contribution >= 0.6 is 0 Å². The van der Waals surface area contributed by atoms with Gasteiger partial charge >= 0.3 is 6.18 Å². The minimum absolute atomic E-state index is 0.115. The highest BCUT2D eigenvalue weighted by Crippen LogP contribution is 2.32. The Morgan fingerprint density at radius 1 is 0.769 bits per heavy atom. The van der Waals surface area contributed by atoms with Gasteiger partial charge in [-0.05, 0) is 48.4 Å². The molecule has 1 N–H and O–H groups in total. The summed E-state index contributed by atoms with van der Waals surface area (Å²) in [5.74, 6) is -0.521. The van der Waals surface area contributed by atoms with E-state index in [1.807, 2.05) is 42.5 Å². The third kappa shape index (κ3) is 7.35. The molecule has 0 aliphatic heterocycles. The minimum atomic E-state index is -4.42. The third-order valence-corrected chi connectivity index (χ3v) is 6.42. The maximum Gasteiger partial charge on any atom is 0.416 e. The molecule has 0 unspecified atom stereocenters. The van der Waals surface area contributed by atoms with Gasteiger partial charge in [-0.25, -0.2) is 0 Å². The Morgan fingerprint density at radius 2 is 1.36 bits per heavy atom. The number of carbonyl (C=O) groups is 2. The lowest BCUT2D eigenvalue weighted by Gasteiger charge is -2.21. The van der Waals surface area contributed by atoms with Crippen LogP contribution in [-0.2, 0) is 11.0 Å². The lowest BCUT2D eigenvalue weighted by Crippen LogP contribution is -2.30. The Kier molecular flexibility index (Phi) is 8.81. The smallest absolute Gasteiger partial charge is 0.416 e. The van der Waals surface area contributed by atoms with Gasteiger partial charge in [0.05, 0.1) is 11.5 Å².